The maximum Gasteiger partial charge on any atom is 0.151 e. The van der Waals surface area contributed by atoms with E-state index in [1.807, 2.05) is 0 Å². The molecule has 0 heterocycles. The van der Waals surface area contributed by atoms with Gasteiger partial charge in [0.1, 0.15) is 5.82 Å². The molecule has 0 aromatic heterocycles. The van der Waals surface area contributed by atoms with Crippen molar-refractivity contribution in [1.29, 1.82) is 0 Å². The number of sulfone groups is 1. The first kappa shape index (κ1) is 11.5. The van der Waals surface area contributed by atoms with Crippen LogP contribution in [0.5, 0.6) is 0 Å². The van der Waals surface area contributed by atoms with Crippen LogP contribution in [0.1, 0.15) is 11.5 Å². The van der Waals surface area contributed by atoms with Crippen molar-refractivity contribution >= 4 is 9.84 Å². The summed E-state index contributed by atoms with van der Waals surface area (Å²) < 4.78 is 35.6. The van der Waals surface area contributed by atoms with Crippen molar-refractivity contribution in [1.82, 2.24) is 0 Å². The summed E-state index contributed by atoms with van der Waals surface area (Å²) in [4.78, 5) is 0. The van der Waals surface area contributed by atoms with Gasteiger partial charge < -0.3 is 5.11 Å². The number of hydrogen-bond donors (Lipinski definition) is 1. The maximum absolute atomic E-state index is 12.7. The van der Waals surface area contributed by atoms with Crippen molar-refractivity contribution in [2.45, 2.75) is 11.2 Å². The molecule has 1 aromatic carbocycles. The molecule has 5 heteroatoms. The second kappa shape index (κ2) is 3.82. The molecule has 1 N–H and O–H groups in total. The molecular formula is C11H13FO3S. The van der Waals surface area contributed by atoms with Crippen LogP contribution in [0.4, 0.5) is 4.39 Å². The van der Waals surface area contributed by atoms with Crippen LogP contribution in [0.2, 0.25) is 0 Å². The molecule has 88 valence electrons. The van der Waals surface area contributed by atoms with Crippen molar-refractivity contribution in [3.8, 4) is 0 Å². The highest BCUT2D eigenvalue weighted by molar-refractivity contribution is 7.91. The zero-order valence-electron chi connectivity index (χ0n) is 8.80. The third kappa shape index (κ3) is 1.97. The zero-order chi connectivity index (χ0) is 11.9. The van der Waals surface area contributed by atoms with Gasteiger partial charge in [0.25, 0.3) is 0 Å². The predicted octanol–water partition coefficient (Wildman–Crippen LogP) is 0.945. The van der Waals surface area contributed by atoms with Gasteiger partial charge in [0.15, 0.2) is 9.84 Å². The van der Waals surface area contributed by atoms with E-state index in [2.05, 4.69) is 0 Å². The standard InChI is InChI=1S/C11H13FO3S/c1-16(14,15)11-9(6-13)10(11)7-2-4-8(12)5-3-7/h2-5,9-11,13H,6H2,1H3/t9-,10+,11+/m0/s1. The highest BCUT2D eigenvalue weighted by Gasteiger charge is 2.56. The lowest BCUT2D eigenvalue weighted by atomic mass is 10.1. The fourth-order valence-corrected chi connectivity index (χ4v) is 3.96. The number of halogens is 1. The Kier molecular flexibility index (Phi) is 2.75. The highest BCUT2D eigenvalue weighted by Crippen LogP contribution is 2.51. The lowest BCUT2D eigenvalue weighted by Crippen LogP contribution is -2.08. The molecule has 0 unspecified atom stereocenters. The first-order valence-electron chi connectivity index (χ1n) is 5.00. The molecule has 1 aromatic rings. The Morgan fingerprint density at radius 3 is 2.25 bits per heavy atom. The first-order valence-corrected chi connectivity index (χ1v) is 6.96. The molecule has 3 atom stereocenters. The fraction of sp³-hybridized carbons (Fsp3) is 0.455. The predicted molar refractivity (Wildman–Crippen MR) is 58.3 cm³/mol. The summed E-state index contributed by atoms with van der Waals surface area (Å²) in [5.41, 5.74) is 0.774. The van der Waals surface area contributed by atoms with Gasteiger partial charge in [-0.25, -0.2) is 12.8 Å². The van der Waals surface area contributed by atoms with E-state index in [1.165, 1.54) is 18.4 Å². The Hall–Kier alpha value is -0.940. The number of aliphatic hydroxyl groups is 1. The zero-order valence-corrected chi connectivity index (χ0v) is 9.61. The molecule has 0 bridgehead atoms. The van der Waals surface area contributed by atoms with Crippen molar-refractivity contribution in [3.05, 3.63) is 35.6 Å². The van der Waals surface area contributed by atoms with Gasteiger partial charge in [-0.1, -0.05) is 12.1 Å². The van der Waals surface area contributed by atoms with E-state index in [0.717, 1.165) is 5.56 Å². The van der Waals surface area contributed by atoms with Crippen LogP contribution in [-0.4, -0.2) is 31.6 Å². The Bertz CT molecular complexity index is 480. The molecular weight excluding hydrogens is 231 g/mol. The molecule has 0 spiro atoms. The molecule has 0 saturated heterocycles. The van der Waals surface area contributed by atoms with Gasteiger partial charge in [0.2, 0.25) is 0 Å². The quantitative estimate of drug-likeness (QED) is 0.861. The summed E-state index contributed by atoms with van der Waals surface area (Å²) in [5, 5.41) is 8.56. The van der Waals surface area contributed by atoms with E-state index >= 15 is 0 Å². The smallest absolute Gasteiger partial charge is 0.151 e. The van der Waals surface area contributed by atoms with Crippen LogP contribution in [0.15, 0.2) is 24.3 Å². The number of rotatable bonds is 3. The number of aliphatic hydroxyl groups excluding tert-OH is 1. The highest BCUT2D eigenvalue weighted by atomic mass is 32.2. The summed E-state index contributed by atoms with van der Waals surface area (Å²) in [6.45, 7) is -0.153. The van der Waals surface area contributed by atoms with Gasteiger partial charge in [-0.15, -0.1) is 0 Å². The summed E-state index contributed by atoms with van der Waals surface area (Å²) in [7, 11) is -3.15. The molecule has 3 nitrogen and oxygen atoms in total. The van der Waals surface area contributed by atoms with Gasteiger partial charge in [0.05, 0.1) is 5.25 Å². The molecule has 0 radical (unpaired) electrons. The van der Waals surface area contributed by atoms with E-state index in [-0.39, 0.29) is 24.3 Å². The summed E-state index contributed by atoms with van der Waals surface area (Å²) in [6.07, 6.45) is 1.17. The van der Waals surface area contributed by atoms with Gasteiger partial charge in [0, 0.05) is 24.7 Å². The topological polar surface area (TPSA) is 54.4 Å². The minimum absolute atomic E-state index is 0.153. The van der Waals surface area contributed by atoms with E-state index < -0.39 is 15.1 Å². The van der Waals surface area contributed by atoms with Crippen LogP contribution in [0.25, 0.3) is 0 Å². The van der Waals surface area contributed by atoms with Crippen LogP contribution in [0, 0.1) is 11.7 Å². The molecule has 2 rings (SSSR count). The van der Waals surface area contributed by atoms with Crippen LogP contribution < -0.4 is 0 Å². The van der Waals surface area contributed by atoms with Crippen LogP contribution >= 0.6 is 0 Å². The van der Waals surface area contributed by atoms with Crippen molar-refractivity contribution in [2.75, 3.05) is 12.9 Å². The van der Waals surface area contributed by atoms with Gasteiger partial charge in [-0.3, -0.25) is 0 Å². The maximum atomic E-state index is 12.7. The lowest BCUT2D eigenvalue weighted by Gasteiger charge is -1.98. The van der Waals surface area contributed by atoms with E-state index in [9.17, 15) is 12.8 Å². The number of hydrogen-bond acceptors (Lipinski definition) is 3. The van der Waals surface area contributed by atoms with E-state index in [1.54, 1.807) is 12.1 Å². The second-order valence-electron chi connectivity index (χ2n) is 4.22. The molecule has 1 aliphatic carbocycles. The molecule has 1 saturated carbocycles. The molecule has 16 heavy (non-hydrogen) atoms. The minimum atomic E-state index is -3.15. The minimum Gasteiger partial charge on any atom is -0.396 e. The third-order valence-corrected chi connectivity index (χ3v) is 4.69. The summed E-state index contributed by atoms with van der Waals surface area (Å²) in [5.74, 6) is -0.790. The molecule has 0 amide bonds. The molecule has 1 aliphatic rings. The normalized spacial score (nSPS) is 29.1. The molecule has 1 fully saturated rings. The van der Waals surface area contributed by atoms with Crippen molar-refractivity contribution < 1.29 is 17.9 Å². The second-order valence-corrected chi connectivity index (χ2v) is 6.42. The Labute approximate surface area is 93.8 Å². The van der Waals surface area contributed by atoms with Gasteiger partial charge in [-0.2, -0.15) is 0 Å². The first-order chi connectivity index (χ1) is 7.45. The third-order valence-electron chi connectivity index (χ3n) is 3.06. The Balaban J connectivity index is 2.27. The van der Waals surface area contributed by atoms with E-state index in [0.29, 0.717) is 0 Å². The van der Waals surface area contributed by atoms with Gasteiger partial charge in [-0.05, 0) is 17.7 Å². The van der Waals surface area contributed by atoms with Crippen LogP contribution in [-0.2, 0) is 9.84 Å². The average Bonchev–Trinajstić information content (AvgIpc) is 2.92. The van der Waals surface area contributed by atoms with E-state index in [4.69, 9.17) is 5.11 Å². The molecule has 0 aliphatic heterocycles. The van der Waals surface area contributed by atoms with Crippen molar-refractivity contribution in [3.63, 3.8) is 0 Å². The summed E-state index contributed by atoms with van der Waals surface area (Å²) in [6, 6.07) is 5.77. The Morgan fingerprint density at radius 1 is 1.31 bits per heavy atom. The van der Waals surface area contributed by atoms with Crippen LogP contribution in [0.3, 0.4) is 0 Å². The SMILES string of the molecule is CS(=O)(=O)[C@@H]1[C@@H](CO)[C@H]1c1ccc(F)cc1. The lowest BCUT2D eigenvalue weighted by molar-refractivity contribution is 0.274. The largest absolute Gasteiger partial charge is 0.396 e. The van der Waals surface area contributed by atoms with Gasteiger partial charge >= 0.3 is 0 Å². The Morgan fingerprint density at radius 2 is 1.88 bits per heavy atom. The number of benzene rings is 1. The summed E-state index contributed by atoms with van der Waals surface area (Å²) >= 11 is 0. The average molecular weight is 244 g/mol. The fourth-order valence-electron chi connectivity index (χ4n) is 2.27. The monoisotopic (exact) mass is 244 g/mol. The van der Waals surface area contributed by atoms with Crippen molar-refractivity contribution in [2.24, 2.45) is 5.92 Å².